The maximum atomic E-state index is 12.4. The van der Waals surface area contributed by atoms with E-state index in [1.807, 2.05) is 0 Å². The van der Waals surface area contributed by atoms with Crippen molar-refractivity contribution in [1.82, 2.24) is 0 Å². The summed E-state index contributed by atoms with van der Waals surface area (Å²) in [4.78, 5) is 12.4. The van der Waals surface area contributed by atoms with E-state index in [9.17, 15) is 4.79 Å². The van der Waals surface area contributed by atoms with E-state index >= 15 is 0 Å². The van der Waals surface area contributed by atoms with Gasteiger partial charge in [0.15, 0.2) is 24.0 Å². The average molecular weight is 284 g/mol. The molecule has 0 aliphatic carbocycles. The Bertz CT molecular complexity index is 365. The maximum absolute atomic E-state index is 12.4. The Morgan fingerprint density at radius 3 is 2.80 bits per heavy atom. The number of rotatable bonds is 7. The Morgan fingerprint density at radius 1 is 1.45 bits per heavy atom. The highest BCUT2D eigenvalue weighted by Crippen LogP contribution is 2.36. The maximum Gasteiger partial charge on any atom is 0.198 e. The fourth-order valence-electron chi connectivity index (χ4n) is 2.49. The summed E-state index contributed by atoms with van der Waals surface area (Å²) in [7, 11) is 0. The number of Topliss-reactive ketones (excluding diaryl/α,β-unsaturated/α-hetero) is 1. The molecule has 0 aromatic rings. The third-order valence-corrected chi connectivity index (χ3v) is 3.47. The topological polar surface area (TPSA) is 54.0 Å². The van der Waals surface area contributed by atoms with Crippen LogP contribution >= 0.6 is 0 Å². The van der Waals surface area contributed by atoms with Crippen molar-refractivity contribution in [2.45, 2.75) is 70.4 Å². The number of ether oxygens (including phenoxy) is 4. The lowest BCUT2D eigenvalue weighted by molar-refractivity contribution is -0.215. The van der Waals surface area contributed by atoms with E-state index in [4.69, 9.17) is 18.9 Å². The fourth-order valence-corrected chi connectivity index (χ4v) is 2.49. The first-order chi connectivity index (χ1) is 9.48. The molecule has 0 unspecified atom stereocenters. The minimum atomic E-state index is -0.771. The first kappa shape index (κ1) is 15.6. The second kappa shape index (κ2) is 6.35. The van der Waals surface area contributed by atoms with Gasteiger partial charge in [-0.1, -0.05) is 19.4 Å². The van der Waals surface area contributed by atoms with Gasteiger partial charge in [-0.2, -0.15) is 0 Å². The fraction of sp³-hybridized carbons (Fsp3) is 0.800. The van der Waals surface area contributed by atoms with Crippen molar-refractivity contribution < 1.29 is 23.7 Å². The summed E-state index contributed by atoms with van der Waals surface area (Å²) in [6, 6.07) is 0. The van der Waals surface area contributed by atoms with E-state index in [1.54, 1.807) is 19.9 Å². The van der Waals surface area contributed by atoms with Crippen molar-refractivity contribution in [2.24, 2.45) is 0 Å². The van der Waals surface area contributed by atoms with Crippen molar-refractivity contribution in [2.75, 3.05) is 6.61 Å². The molecule has 2 aliphatic rings. The van der Waals surface area contributed by atoms with E-state index in [1.165, 1.54) is 0 Å². The highest BCUT2D eigenvalue weighted by Gasteiger charge is 2.56. The normalized spacial score (nSPS) is 33.1. The smallest absolute Gasteiger partial charge is 0.198 e. The van der Waals surface area contributed by atoms with Crippen LogP contribution < -0.4 is 0 Å². The molecule has 0 amide bonds. The summed E-state index contributed by atoms with van der Waals surface area (Å²) in [6.45, 7) is 9.97. The molecule has 0 bridgehead atoms. The molecule has 0 aromatic carbocycles. The number of unbranched alkanes of at least 4 members (excludes halogenated alkanes) is 1. The molecule has 2 fully saturated rings. The third kappa shape index (κ3) is 3.28. The Labute approximate surface area is 120 Å². The molecule has 2 heterocycles. The Hall–Kier alpha value is -0.750. The van der Waals surface area contributed by atoms with Gasteiger partial charge >= 0.3 is 0 Å². The number of carbonyl (C=O) groups excluding carboxylic acids is 1. The molecular weight excluding hydrogens is 260 g/mol. The van der Waals surface area contributed by atoms with Crippen LogP contribution in [0, 0.1) is 0 Å². The van der Waals surface area contributed by atoms with Gasteiger partial charge in [-0.25, -0.2) is 0 Å². The van der Waals surface area contributed by atoms with Crippen LogP contribution in [-0.2, 0) is 23.7 Å². The lowest BCUT2D eigenvalue weighted by atomic mass is 10.0. The van der Waals surface area contributed by atoms with Crippen LogP contribution in [0.2, 0.25) is 0 Å². The first-order valence-electron chi connectivity index (χ1n) is 7.26. The third-order valence-electron chi connectivity index (χ3n) is 3.47. The van der Waals surface area contributed by atoms with Gasteiger partial charge in [-0.3, -0.25) is 4.79 Å². The minimum Gasteiger partial charge on any atom is -0.375 e. The van der Waals surface area contributed by atoms with Gasteiger partial charge in [0, 0.05) is 6.61 Å². The number of ketones is 1. The molecule has 5 heteroatoms. The molecule has 20 heavy (non-hydrogen) atoms. The molecule has 0 spiro atoms. The molecular formula is C15H24O5. The Balaban J connectivity index is 1.98. The van der Waals surface area contributed by atoms with Crippen LogP contribution in [0.25, 0.3) is 0 Å². The predicted molar refractivity (Wildman–Crippen MR) is 73.2 cm³/mol. The van der Waals surface area contributed by atoms with Crippen LogP contribution in [-0.4, -0.2) is 42.8 Å². The zero-order valence-corrected chi connectivity index (χ0v) is 12.5. The van der Waals surface area contributed by atoms with E-state index in [0.29, 0.717) is 13.0 Å². The average Bonchev–Trinajstić information content (AvgIpc) is 2.83. The number of hydrogen-bond donors (Lipinski definition) is 0. The number of hydrogen-bond acceptors (Lipinski definition) is 5. The van der Waals surface area contributed by atoms with E-state index in [-0.39, 0.29) is 11.9 Å². The van der Waals surface area contributed by atoms with Gasteiger partial charge in [0.05, 0.1) is 6.10 Å². The standard InChI is InChI=1S/C15H24O5/c1-5-7-9-17-10(8-6-2)12-11(16)13-14(18-12)20-15(3,4)19-13/h6,10,12-14H,2,5,7-9H2,1,3-4H3/t10-,12+,13-,14-/m1/s1. The minimum absolute atomic E-state index is 0.0936. The van der Waals surface area contributed by atoms with Crippen molar-refractivity contribution >= 4 is 5.78 Å². The molecule has 4 atom stereocenters. The van der Waals surface area contributed by atoms with Crippen molar-refractivity contribution in [3.05, 3.63) is 12.7 Å². The van der Waals surface area contributed by atoms with E-state index in [2.05, 4.69) is 13.5 Å². The highest BCUT2D eigenvalue weighted by atomic mass is 16.8. The molecule has 114 valence electrons. The van der Waals surface area contributed by atoms with Gasteiger partial charge in [-0.05, 0) is 26.7 Å². The molecule has 2 rings (SSSR count). The largest absolute Gasteiger partial charge is 0.375 e. The Kier molecular flexibility index (Phi) is 4.96. The molecule has 2 saturated heterocycles. The van der Waals surface area contributed by atoms with Crippen LogP contribution in [0.15, 0.2) is 12.7 Å². The summed E-state index contributed by atoms with van der Waals surface area (Å²) in [5, 5.41) is 0. The predicted octanol–water partition coefficient (Wildman–Crippen LogP) is 2.19. The van der Waals surface area contributed by atoms with Crippen molar-refractivity contribution in [1.29, 1.82) is 0 Å². The van der Waals surface area contributed by atoms with E-state index < -0.39 is 24.3 Å². The van der Waals surface area contributed by atoms with Crippen LogP contribution in [0.4, 0.5) is 0 Å². The molecule has 0 radical (unpaired) electrons. The molecule has 0 aromatic heterocycles. The second-order valence-corrected chi connectivity index (χ2v) is 5.67. The summed E-state index contributed by atoms with van der Waals surface area (Å²) in [5.41, 5.74) is 0. The van der Waals surface area contributed by atoms with Crippen LogP contribution in [0.3, 0.4) is 0 Å². The first-order valence-corrected chi connectivity index (χ1v) is 7.26. The Morgan fingerprint density at radius 2 is 2.20 bits per heavy atom. The quantitative estimate of drug-likeness (QED) is 0.530. The summed E-state index contributed by atoms with van der Waals surface area (Å²) in [6.07, 6.45) is 2.12. The van der Waals surface area contributed by atoms with Gasteiger partial charge in [-0.15, -0.1) is 6.58 Å². The van der Waals surface area contributed by atoms with Crippen molar-refractivity contribution in [3.63, 3.8) is 0 Å². The van der Waals surface area contributed by atoms with E-state index in [0.717, 1.165) is 12.8 Å². The van der Waals surface area contributed by atoms with Crippen LogP contribution in [0.1, 0.15) is 40.0 Å². The van der Waals surface area contributed by atoms with Gasteiger partial charge in [0.25, 0.3) is 0 Å². The zero-order valence-electron chi connectivity index (χ0n) is 12.5. The molecule has 2 aliphatic heterocycles. The highest BCUT2D eigenvalue weighted by molar-refractivity contribution is 5.90. The monoisotopic (exact) mass is 284 g/mol. The summed E-state index contributed by atoms with van der Waals surface area (Å²) in [5.74, 6) is -0.864. The zero-order chi connectivity index (χ0) is 14.8. The molecule has 0 saturated carbocycles. The molecule has 0 N–H and O–H groups in total. The van der Waals surface area contributed by atoms with Gasteiger partial charge in [0.1, 0.15) is 6.10 Å². The summed E-state index contributed by atoms with van der Waals surface area (Å²) >= 11 is 0. The number of carbonyl (C=O) groups is 1. The van der Waals surface area contributed by atoms with Gasteiger partial charge < -0.3 is 18.9 Å². The van der Waals surface area contributed by atoms with Crippen molar-refractivity contribution in [3.8, 4) is 0 Å². The lowest BCUT2D eigenvalue weighted by Crippen LogP contribution is -2.38. The van der Waals surface area contributed by atoms with Crippen LogP contribution in [0.5, 0.6) is 0 Å². The SMILES string of the molecule is C=CC[C@@H](OCCCC)[C@@H]1O[C@@H]2OC(C)(C)O[C@@H]2C1=O. The lowest BCUT2D eigenvalue weighted by Gasteiger charge is -2.24. The summed E-state index contributed by atoms with van der Waals surface area (Å²) < 4.78 is 22.6. The second-order valence-electron chi connectivity index (χ2n) is 5.67. The molecule has 5 nitrogen and oxygen atoms in total. The number of fused-ring (bicyclic) bond motifs is 1. The van der Waals surface area contributed by atoms with Gasteiger partial charge in [0.2, 0.25) is 0 Å².